The van der Waals surface area contributed by atoms with Crippen molar-refractivity contribution in [1.29, 1.82) is 0 Å². The lowest BCUT2D eigenvalue weighted by atomic mass is 10.4. The van der Waals surface area contributed by atoms with Crippen LogP contribution in [0, 0.1) is 0 Å². The molecule has 0 spiro atoms. The van der Waals surface area contributed by atoms with Crippen molar-refractivity contribution >= 4 is 23.1 Å². The summed E-state index contributed by atoms with van der Waals surface area (Å²) >= 11 is 1.66. The van der Waals surface area contributed by atoms with E-state index in [9.17, 15) is 0 Å². The zero-order valence-corrected chi connectivity index (χ0v) is 10.9. The third kappa shape index (κ3) is 3.53. The van der Waals surface area contributed by atoms with Gasteiger partial charge < -0.3 is 11.1 Å². The van der Waals surface area contributed by atoms with Gasteiger partial charge in [-0.05, 0) is 18.6 Å². The van der Waals surface area contributed by atoms with E-state index in [2.05, 4.69) is 27.2 Å². The van der Waals surface area contributed by atoms with Gasteiger partial charge in [0.15, 0.2) is 5.96 Å². The van der Waals surface area contributed by atoms with Crippen molar-refractivity contribution in [2.24, 2.45) is 10.7 Å². The van der Waals surface area contributed by atoms with Gasteiger partial charge in [0.05, 0.1) is 6.54 Å². The Bertz CT molecular complexity index is 520. The SMILES string of the molecule is CCc1cnc(CN=C(N)Nc2ccccn2)s1. The molecule has 18 heavy (non-hydrogen) atoms. The molecule has 94 valence electrons. The predicted molar refractivity (Wildman–Crippen MR) is 74.7 cm³/mol. The van der Waals surface area contributed by atoms with Crippen LogP contribution in [0.25, 0.3) is 0 Å². The van der Waals surface area contributed by atoms with Gasteiger partial charge in [-0.15, -0.1) is 11.3 Å². The van der Waals surface area contributed by atoms with Crippen molar-refractivity contribution in [3.8, 4) is 0 Å². The summed E-state index contributed by atoms with van der Waals surface area (Å²) in [5.41, 5.74) is 5.77. The summed E-state index contributed by atoms with van der Waals surface area (Å²) in [5.74, 6) is 1.04. The van der Waals surface area contributed by atoms with Crippen LogP contribution in [-0.4, -0.2) is 15.9 Å². The van der Waals surface area contributed by atoms with E-state index in [-0.39, 0.29) is 0 Å². The van der Waals surface area contributed by atoms with Crippen LogP contribution in [0.4, 0.5) is 5.82 Å². The number of guanidine groups is 1. The Morgan fingerprint density at radius 1 is 1.44 bits per heavy atom. The van der Waals surface area contributed by atoms with Gasteiger partial charge in [0.1, 0.15) is 10.8 Å². The fourth-order valence-electron chi connectivity index (χ4n) is 1.34. The quantitative estimate of drug-likeness (QED) is 0.652. The second-order valence-electron chi connectivity index (χ2n) is 3.62. The first kappa shape index (κ1) is 12.5. The fourth-order valence-corrected chi connectivity index (χ4v) is 2.13. The molecule has 0 aliphatic rings. The van der Waals surface area contributed by atoms with Gasteiger partial charge in [-0.2, -0.15) is 0 Å². The highest BCUT2D eigenvalue weighted by Gasteiger charge is 2.00. The van der Waals surface area contributed by atoms with E-state index in [1.165, 1.54) is 4.88 Å². The molecular weight excluding hydrogens is 246 g/mol. The Morgan fingerprint density at radius 3 is 3.00 bits per heavy atom. The number of aryl methyl sites for hydroxylation is 1. The third-order valence-electron chi connectivity index (χ3n) is 2.26. The molecular formula is C12H15N5S. The van der Waals surface area contributed by atoms with Crippen molar-refractivity contribution in [1.82, 2.24) is 9.97 Å². The van der Waals surface area contributed by atoms with Gasteiger partial charge in [0, 0.05) is 17.3 Å². The van der Waals surface area contributed by atoms with Gasteiger partial charge >= 0.3 is 0 Å². The maximum Gasteiger partial charge on any atom is 0.194 e. The molecule has 0 saturated carbocycles. The lowest BCUT2D eigenvalue weighted by Gasteiger charge is -2.02. The molecule has 2 aromatic rings. The van der Waals surface area contributed by atoms with Crippen LogP contribution < -0.4 is 11.1 Å². The molecule has 0 saturated heterocycles. The molecule has 0 atom stereocenters. The molecule has 2 aromatic heterocycles. The topological polar surface area (TPSA) is 76.2 Å². The molecule has 0 radical (unpaired) electrons. The largest absolute Gasteiger partial charge is 0.370 e. The molecule has 3 N–H and O–H groups in total. The number of nitrogens with one attached hydrogen (secondary N) is 1. The van der Waals surface area contributed by atoms with E-state index in [4.69, 9.17) is 5.73 Å². The Balaban J connectivity index is 1.93. The Kier molecular flexibility index (Phi) is 4.25. The highest BCUT2D eigenvalue weighted by atomic mass is 32.1. The lowest BCUT2D eigenvalue weighted by Crippen LogP contribution is -2.23. The number of aliphatic imine (C=N–C) groups is 1. The molecule has 0 aromatic carbocycles. The van der Waals surface area contributed by atoms with Crippen LogP contribution in [0.5, 0.6) is 0 Å². The second-order valence-corrected chi connectivity index (χ2v) is 4.82. The van der Waals surface area contributed by atoms with E-state index in [0.29, 0.717) is 18.3 Å². The molecule has 5 nitrogen and oxygen atoms in total. The van der Waals surface area contributed by atoms with Crippen molar-refractivity contribution in [2.75, 3.05) is 5.32 Å². The molecule has 0 amide bonds. The van der Waals surface area contributed by atoms with E-state index in [1.54, 1.807) is 17.5 Å². The van der Waals surface area contributed by atoms with Gasteiger partial charge in [0.2, 0.25) is 0 Å². The molecule has 2 rings (SSSR count). The number of nitrogens with two attached hydrogens (primary N) is 1. The van der Waals surface area contributed by atoms with E-state index < -0.39 is 0 Å². The molecule has 0 bridgehead atoms. The van der Waals surface area contributed by atoms with Gasteiger partial charge in [0.25, 0.3) is 0 Å². The lowest BCUT2D eigenvalue weighted by molar-refractivity contribution is 1.03. The molecule has 6 heteroatoms. The number of nitrogens with zero attached hydrogens (tertiary/aromatic N) is 3. The van der Waals surface area contributed by atoms with Crippen LogP contribution in [0.15, 0.2) is 35.6 Å². The van der Waals surface area contributed by atoms with Gasteiger partial charge in [-0.25, -0.2) is 15.0 Å². The fraction of sp³-hybridized carbons (Fsp3) is 0.250. The van der Waals surface area contributed by atoms with Gasteiger partial charge in [-0.1, -0.05) is 13.0 Å². The maximum absolute atomic E-state index is 5.77. The van der Waals surface area contributed by atoms with Crippen LogP contribution in [0.3, 0.4) is 0 Å². The normalized spacial score (nSPS) is 11.5. The average molecular weight is 261 g/mol. The summed E-state index contributed by atoms with van der Waals surface area (Å²) in [6.07, 6.45) is 4.59. The molecule has 0 unspecified atom stereocenters. The summed E-state index contributed by atoms with van der Waals surface area (Å²) in [7, 11) is 0. The number of hydrogen-bond acceptors (Lipinski definition) is 4. The van der Waals surface area contributed by atoms with Crippen molar-refractivity contribution in [2.45, 2.75) is 19.9 Å². The standard InChI is InChI=1S/C12H15N5S/c1-2-9-7-15-11(18-9)8-16-12(13)17-10-5-3-4-6-14-10/h3-7H,2,8H2,1H3,(H3,13,14,16,17). The molecule has 0 aliphatic heterocycles. The summed E-state index contributed by atoms with van der Waals surface area (Å²) in [6, 6.07) is 5.57. The smallest absolute Gasteiger partial charge is 0.194 e. The van der Waals surface area contributed by atoms with Crippen molar-refractivity contribution in [3.05, 3.63) is 40.5 Å². The number of rotatable bonds is 4. The first-order chi connectivity index (χ1) is 8.78. The highest BCUT2D eigenvalue weighted by molar-refractivity contribution is 7.11. The van der Waals surface area contributed by atoms with Crippen molar-refractivity contribution < 1.29 is 0 Å². The monoisotopic (exact) mass is 261 g/mol. The van der Waals surface area contributed by atoms with Crippen LogP contribution in [0.2, 0.25) is 0 Å². The summed E-state index contributed by atoms with van der Waals surface area (Å²) in [6.45, 7) is 2.61. The van der Waals surface area contributed by atoms with E-state index in [0.717, 1.165) is 11.4 Å². The minimum atomic E-state index is 0.349. The van der Waals surface area contributed by atoms with E-state index >= 15 is 0 Å². The first-order valence-electron chi connectivity index (χ1n) is 5.69. The Morgan fingerprint density at radius 2 is 2.33 bits per heavy atom. The van der Waals surface area contributed by atoms with Crippen molar-refractivity contribution in [3.63, 3.8) is 0 Å². The van der Waals surface area contributed by atoms with Crippen LogP contribution in [0.1, 0.15) is 16.8 Å². The predicted octanol–water partition coefficient (Wildman–Crippen LogP) is 2.03. The summed E-state index contributed by atoms with van der Waals surface area (Å²) in [4.78, 5) is 13.9. The summed E-state index contributed by atoms with van der Waals surface area (Å²) < 4.78 is 0. The zero-order valence-electron chi connectivity index (χ0n) is 10.1. The molecule has 0 fully saturated rings. The highest BCUT2D eigenvalue weighted by Crippen LogP contribution is 2.14. The zero-order chi connectivity index (χ0) is 12.8. The summed E-state index contributed by atoms with van der Waals surface area (Å²) in [5, 5.41) is 3.90. The molecule has 0 aliphatic carbocycles. The number of aromatic nitrogens is 2. The minimum Gasteiger partial charge on any atom is -0.370 e. The first-order valence-corrected chi connectivity index (χ1v) is 6.51. The van der Waals surface area contributed by atoms with Gasteiger partial charge in [-0.3, -0.25) is 0 Å². The molecule has 2 heterocycles. The Labute approximate surface area is 110 Å². The Hall–Kier alpha value is -1.95. The average Bonchev–Trinajstić information content (AvgIpc) is 2.85. The van der Waals surface area contributed by atoms with Crippen LogP contribution >= 0.6 is 11.3 Å². The number of hydrogen-bond donors (Lipinski definition) is 2. The van der Waals surface area contributed by atoms with Crippen LogP contribution in [-0.2, 0) is 13.0 Å². The van der Waals surface area contributed by atoms with E-state index in [1.807, 2.05) is 24.4 Å². The maximum atomic E-state index is 5.77. The second kappa shape index (κ2) is 6.11. The number of thiazole rings is 1. The number of anilines is 1. The minimum absolute atomic E-state index is 0.349. The third-order valence-corrected chi connectivity index (χ3v) is 3.38. The number of pyridine rings is 1.